The van der Waals surface area contributed by atoms with Crippen LogP contribution in [-0.4, -0.2) is 50.8 Å². The quantitative estimate of drug-likeness (QED) is 0.289. The van der Waals surface area contributed by atoms with Crippen molar-refractivity contribution in [2.24, 2.45) is 5.11 Å². The van der Waals surface area contributed by atoms with Gasteiger partial charge in [-0.15, -0.1) is 0 Å². The van der Waals surface area contributed by atoms with Gasteiger partial charge in [0, 0.05) is 36.6 Å². The van der Waals surface area contributed by atoms with E-state index >= 15 is 0 Å². The molecule has 0 heterocycles. The summed E-state index contributed by atoms with van der Waals surface area (Å²) in [5, 5.41) is 14.0. The smallest absolute Gasteiger partial charge is 0.129 e. The van der Waals surface area contributed by atoms with Gasteiger partial charge in [-0.25, -0.2) is 8.78 Å². The summed E-state index contributed by atoms with van der Waals surface area (Å²) in [6, 6.07) is 9.11. The fourth-order valence-corrected chi connectivity index (χ4v) is 2.77. The highest BCUT2D eigenvalue weighted by molar-refractivity contribution is 5.26. The lowest BCUT2D eigenvalue weighted by Gasteiger charge is -2.23. The average Bonchev–Trinajstić information content (AvgIpc) is 2.75. The summed E-state index contributed by atoms with van der Waals surface area (Å²) in [6.45, 7) is 0.268. The molecule has 8 nitrogen and oxygen atoms in total. The van der Waals surface area contributed by atoms with Crippen LogP contribution in [0.3, 0.4) is 0 Å². The van der Waals surface area contributed by atoms with Crippen LogP contribution < -0.4 is 9.47 Å². The van der Waals surface area contributed by atoms with Crippen molar-refractivity contribution in [3.8, 4) is 11.5 Å². The Hall–Kier alpha value is -2.91. The van der Waals surface area contributed by atoms with E-state index in [1.54, 1.807) is 7.11 Å². The lowest BCUT2D eigenvalue weighted by atomic mass is 10.1. The first-order chi connectivity index (χ1) is 14.9. The van der Waals surface area contributed by atoms with Gasteiger partial charge in [-0.05, 0) is 23.2 Å². The van der Waals surface area contributed by atoms with Crippen LogP contribution in [0.1, 0.15) is 12.0 Å². The normalized spacial score (nSPS) is 13.7. The number of aliphatic hydroxyl groups excluding tert-OH is 1. The van der Waals surface area contributed by atoms with Gasteiger partial charge in [-0.3, -0.25) is 0 Å². The van der Waals surface area contributed by atoms with E-state index in [1.165, 1.54) is 7.11 Å². The minimum Gasteiger partial charge on any atom is -0.497 e. The Kier molecular flexibility index (Phi) is 9.99. The molecule has 10 heteroatoms. The zero-order chi connectivity index (χ0) is 22.6. The summed E-state index contributed by atoms with van der Waals surface area (Å²) in [6.07, 6.45) is -1.50. The van der Waals surface area contributed by atoms with Crippen LogP contribution in [0.15, 0.2) is 47.6 Å². The number of halogens is 2. The maximum absolute atomic E-state index is 13.3. The Bertz CT molecular complexity index is 842. The first kappa shape index (κ1) is 24.4. The van der Waals surface area contributed by atoms with Crippen molar-refractivity contribution in [2.45, 2.75) is 31.3 Å². The molecule has 0 fully saturated rings. The van der Waals surface area contributed by atoms with Gasteiger partial charge in [0.05, 0.1) is 45.2 Å². The first-order valence-corrected chi connectivity index (χ1v) is 9.49. The second-order valence-corrected chi connectivity index (χ2v) is 6.71. The van der Waals surface area contributed by atoms with Crippen molar-refractivity contribution >= 4 is 0 Å². The number of rotatable bonds is 13. The highest BCUT2D eigenvalue weighted by Crippen LogP contribution is 2.18. The number of azide groups is 1. The second-order valence-electron chi connectivity index (χ2n) is 6.71. The predicted octanol–water partition coefficient (Wildman–Crippen LogP) is 4.01. The van der Waals surface area contributed by atoms with Crippen LogP contribution in [0.2, 0.25) is 0 Å². The number of benzene rings is 2. The van der Waals surface area contributed by atoms with Crippen LogP contribution in [0.4, 0.5) is 8.78 Å². The maximum Gasteiger partial charge on any atom is 0.129 e. The second kappa shape index (κ2) is 12.7. The Balaban J connectivity index is 1.86. The van der Waals surface area contributed by atoms with Crippen LogP contribution in [-0.2, 0) is 16.1 Å². The van der Waals surface area contributed by atoms with Gasteiger partial charge in [0.1, 0.15) is 23.1 Å². The predicted molar refractivity (Wildman–Crippen MR) is 109 cm³/mol. The van der Waals surface area contributed by atoms with Crippen LogP contribution >= 0.6 is 0 Å². The molecule has 0 saturated heterocycles. The van der Waals surface area contributed by atoms with Gasteiger partial charge in [0.25, 0.3) is 0 Å². The molecule has 0 aliphatic carbocycles. The number of methoxy groups -OCH3 is 2. The zero-order valence-electron chi connectivity index (χ0n) is 17.3. The molecule has 3 atom stereocenters. The third kappa shape index (κ3) is 8.39. The molecule has 2 rings (SSSR count). The molecule has 0 spiro atoms. The number of hydrogen-bond donors (Lipinski definition) is 1. The molecule has 2 aromatic carbocycles. The highest BCUT2D eigenvalue weighted by atomic mass is 19.1. The maximum atomic E-state index is 13.3. The summed E-state index contributed by atoms with van der Waals surface area (Å²) in [7, 11) is 3.06. The van der Waals surface area contributed by atoms with E-state index in [-0.39, 0.29) is 25.4 Å². The minimum atomic E-state index is -1.12. The zero-order valence-corrected chi connectivity index (χ0v) is 17.3. The van der Waals surface area contributed by atoms with Gasteiger partial charge in [0.15, 0.2) is 0 Å². The van der Waals surface area contributed by atoms with Crippen molar-refractivity contribution in [1.82, 2.24) is 0 Å². The van der Waals surface area contributed by atoms with E-state index in [9.17, 15) is 13.9 Å². The SMILES string of the molecule is COc1ccc(COC[C@@H](C[C@H](O)[C@H](COc2cc(F)cc(F)c2)N=[N+]=[N-])OC)cc1. The molecular weight excluding hydrogens is 412 g/mol. The lowest BCUT2D eigenvalue weighted by molar-refractivity contribution is -0.0287. The van der Waals surface area contributed by atoms with Crippen molar-refractivity contribution in [2.75, 3.05) is 27.4 Å². The molecule has 0 amide bonds. The van der Waals surface area contributed by atoms with E-state index in [0.29, 0.717) is 12.7 Å². The van der Waals surface area contributed by atoms with Crippen LogP contribution in [0.5, 0.6) is 11.5 Å². The molecule has 0 aromatic heterocycles. The molecule has 31 heavy (non-hydrogen) atoms. The van der Waals surface area contributed by atoms with E-state index < -0.39 is 29.9 Å². The molecule has 0 bridgehead atoms. The molecule has 0 saturated carbocycles. The topological polar surface area (TPSA) is 106 Å². The van der Waals surface area contributed by atoms with Crippen molar-refractivity contribution in [3.63, 3.8) is 0 Å². The van der Waals surface area contributed by atoms with E-state index in [1.807, 2.05) is 24.3 Å². The monoisotopic (exact) mass is 437 g/mol. The standard InChI is InChI=1S/C21H25F2N3O5/c1-28-17-5-3-14(4-6-17)11-30-12-19(29-2)10-21(27)20(25-26-24)13-31-18-8-15(22)7-16(23)9-18/h3-9,19-21,27H,10-13H2,1-2H3/t19-,20+,21+/m1/s1. The Morgan fingerprint density at radius 1 is 1.03 bits per heavy atom. The summed E-state index contributed by atoms with van der Waals surface area (Å²) in [5.74, 6) is -0.934. The third-order valence-corrected chi connectivity index (χ3v) is 4.47. The molecule has 2 aromatic rings. The van der Waals surface area contributed by atoms with Gasteiger partial charge < -0.3 is 24.1 Å². The summed E-state index contributed by atoms with van der Waals surface area (Å²) in [4.78, 5) is 2.71. The molecule has 1 N–H and O–H groups in total. The Morgan fingerprint density at radius 2 is 1.71 bits per heavy atom. The lowest BCUT2D eigenvalue weighted by Crippen LogP contribution is -2.35. The minimum absolute atomic E-state index is 0.0750. The largest absolute Gasteiger partial charge is 0.497 e. The number of ether oxygens (including phenoxy) is 4. The number of aliphatic hydroxyl groups is 1. The molecular formula is C21H25F2N3O5. The Labute approximate surface area is 178 Å². The molecule has 0 aliphatic rings. The van der Waals surface area contributed by atoms with Crippen molar-refractivity contribution < 1.29 is 32.8 Å². The first-order valence-electron chi connectivity index (χ1n) is 9.49. The Morgan fingerprint density at radius 3 is 2.29 bits per heavy atom. The molecule has 0 aliphatic heterocycles. The van der Waals surface area contributed by atoms with Crippen LogP contribution in [0.25, 0.3) is 10.4 Å². The highest BCUT2D eigenvalue weighted by Gasteiger charge is 2.23. The van der Waals surface area contributed by atoms with Crippen molar-refractivity contribution in [1.29, 1.82) is 0 Å². The average molecular weight is 437 g/mol. The number of hydrogen-bond acceptors (Lipinski definition) is 6. The van der Waals surface area contributed by atoms with Crippen molar-refractivity contribution in [3.05, 3.63) is 70.1 Å². The fraction of sp³-hybridized carbons (Fsp3) is 0.429. The van der Waals surface area contributed by atoms with Gasteiger partial charge in [-0.1, -0.05) is 17.2 Å². The molecule has 0 unspecified atom stereocenters. The third-order valence-electron chi connectivity index (χ3n) is 4.47. The van der Waals surface area contributed by atoms with E-state index in [2.05, 4.69) is 10.0 Å². The van der Waals surface area contributed by atoms with Gasteiger partial charge in [0.2, 0.25) is 0 Å². The summed E-state index contributed by atoms with van der Waals surface area (Å²) in [5.41, 5.74) is 9.72. The molecule has 168 valence electrons. The van der Waals surface area contributed by atoms with E-state index in [0.717, 1.165) is 23.4 Å². The van der Waals surface area contributed by atoms with E-state index in [4.69, 9.17) is 24.5 Å². The van der Waals surface area contributed by atoms with Crippen LogP contribution in [0, 0.1) is 11.6 Å². The molecule has 0 radical (unpaired) electrons. The number of nitrogens with zero attached hydrogens (tertiary/aromatic N) is 3. The van der Waals surface area contributed by atoms with Gasteiger partial charge in [-0.2, -0.15) is 0 Å². The summed E-state index contributed by atoms with van der Waals surface area (Å²) >= 11 is 0. The van der Waals surface area contributed by atoms with Gasteiger partial charge >= 0.3 is 0 Å². The summed E-state index contributed by atoms with van der Waals surface area (Å²) < 4.78 is 47.9. The fourth-order valence-electron chi connectivity index (χ4n) is 2.77.